The molecule has 3 nitrogen and oxygen atoms in total. The summed E-state index contributed by atoms with van der Waals surface area (Å²) < 4.78 is 0. The molecule has 0 atom stereocenters. The highest BCUT2D eigenvalue weighted by Crippen LogP contribution is 2.35. The quantitative estimate of drug-likeness (QED) is 0.789. The van der Waals surface area contributed by atoms with E-state index in [2.05, 4.69) is 42.3 Å². The molecule has 2 saturated carbocycles. The highest BCUT2D eigenvalue weighted by molar-refractivity contribution is 5.12. The maximum absolute atomic E-state index is 4.82. The van der Waals surface area contributed by atoms with E-state index in [1.54, 1.807) is 0 Å². The lowest BCUT2D eigenvalue weighted by atomic mass is 10.2. The average molecular weight is 273 g/mol. The van der Waals surface area contributed by atoms with Gasteiger partial charge in [0.25, 0.3) is 0 Å². The summed E-state index contributed by atoms with van der Waals surface area (Å²) in [5.41, 5.74) is 2.40. The lowest BCUT2D eigenvalue weighted by Gasteiger charge is -2.21. The molecule has 0 amide bonds. The van der Waals surface area contributed by atoms with Crippen molar-refractivity contribution in [2.75, 3.05) is 6.54 Å². The lowest BCUT2D eigenvalue weighted by Crippen LogP contribution is -2.28. The maximum atomic E-state index is 4.82. The predicted octanol–water partition coefficient (Wildman–Crippen LogP) is 2.95. The number of aromatic nitrogens is 1. The molecule has 110 valence electrons. The Kier molecular flexibility index (Phi) is 4.37. The normalized spacial score (nSPS) is 19.0. The minimum Gasteiger partial charge on any atom is -0.309 e. The van der Waals surface area contributed by atoms with Gasteiger partial charge in [-0.15, -0.1) is 0 Å². The summed E-state index contributed by atoms with van der Waals surface area (Å²) in [5, 5.41) is 3.44. The Morgan fingerprint density at radius 2 is 1.95 bits per heavy atom. The Bertz CT molecular complexity index is 436. The predicted molar refractivity (Wildman–Crippen MR) is 82.4 cm³/mol. The molecular weight excluding hydrogens is 246 g/mol. The smallest absolute Gasteiger partial charge is 0.0547 e. The molecule has 0 radical (unpaired) electrons. The summed E-state index contributed by atoms with van der Waals surface area (Å²) in [6.07, 6.45) is 5.66. The Balaban J connectivity index is 1.58. The molecule has 1 aromatic rings. The van der Waals surface area contributed by atoms with E-state index >= 15 is 0 Å². The second-order valence-corrected chi connectivity index (χ2v) is 6.76. The van der Waals surface area contributed by atoms with Crippen molar-refractivity contribution in [3.05, 3.63) is 29.6 Å². The molecule has 0 aliphatic heterocycles. The summed E-state index contributed by atoms with van der Waals surface area (Å²) in [5.74, 6) is 0.974. The van der Waals surface area contributed by atoms with Crippen LogP contribution >= 0.6 is 0 Å². The van der Waals surface area contributed by atoms with Crippen molar-refractivity contribution in [3.63, 3.8) is 0 Å². The van der Waals surface area contributed by atoms with Crippen LogP contribution in [0.1, 0.15) is 50.9 Å². The summed E-state index contributed by atoms with van der Waals surface area (Å²) in [7, 11) is 0. The number of rotatable bonds is 8. The molecule has 3 heteroatoms. The van der Waals surface area contributed by atoms with Crippen LogP contribution in [0.3, 0.4) is 0 Å². The molecule has 0 bridgehead atoms. The zero-order chi connectivity index (χ0) is 13.9. The summed E-state index contributed by atoms with van der Waals surface area (Å²) in [6, 6.07) is 7.82. The van der Waals surface area contributed by atoms with Gasteiger partial charge in [-0.2, -0.15) is 0 Å². The summed E-state index contributed by atoms with van der Waals surface area (Å²) >= 11 is 0. The lowest BCUT2D eigenvalue weighted by molar-refractivity contribution is 0.241. The number of nitrogens with zero attached hydrogens (tertiary/aromatic N) is 2. The van der Waals surface area contributed by atoms with Gasteiger partial charge < -0.3 is 5.32 Å². The van der Waals surface area contributed by atoms with Gasteiger partial charge in [0.1, 0.15) is 0 Å². The van der Waals surface area contributed by atoms with E-state index in [9.17, 15) is 0 Å². The first-order valence-corrected chi connectivity index (χ1v) is 8.13. The molecule has 0 unspecified atom stereocenters. The molecule has 2 aliphatic rings. The van der Waals surface area contributed by atoms with Gasteiger partial charge in [-0.25, -0.2) is 0 Å². The van der Waals surface area contributed by atoms with Crippen molar-refractivity contribution < 1.29 is 0 Å². The molecule has 2 fully saturated rings. The highest BCUT2D eigenvalue weighted by atomic mass is 15.2. The molecule has 0 aromatic carbocycles. The van der Waals surface area contributed by atoms with Crippen molar-refractivity contribution in [2.24, 2.45) is 5.92 Å². The van der Waals surface area contributed by atoms with E-state index in [0.29, 0.717) is 6.04 Å². The van der Waals surface area contributed by atoms with Gasteiger partial charge in [0.05, 0.1) is 11.4 Å². The van der Waals surface area contributed by atoms with Crippen LogP contribution < -0.4 is 5.32 Å². The zero-order valence-electron chi connectivity index (χ0n) is 12.8. The third-order valence-corrected chi connectivity index (χ3v) is 4.17. The largest absolute Gasteiger partial charge is 0.309 e. The summed E-state index contributed by atoms with van der Waals surface area (Å²) in [4.78, 5) is 7.48. The molecule has 1 N–H and O–H groups in total. The van der Waals surface area contributed by atoms with Gasteiger partial charge >= 0.3 is 0 Å². The van der Waals surface area contributed by atoms with Gasteiger partial charge in [-0.1, -0.05) is 19.9 Å². The van der Waals surface area contributed by atoms with E-state index in [4.69, 9.17) is 4.98 Å². The second kappa shape index (κ2) is 6.23. The maximum Gasteiger partial charge on any atom is 0.0547 e. The first-order chi connectivity index (χ1) is 9.70. The van der Waals surface area contributed by atoms with Gasteiger partial charge in [0.15, 0.2) is 0 Å². The van der Waals surface area contributed by atoms with Crippen LogP contribution in [0.15, 0.2) is 18.2 Å². The Morgan fingerprint density at radius 1 is 1.20 bits per heavy atom. The van der Waals surface area contributed by atoms with E-state index in [1.807, 2.05) is 0 Å². The van der Waals surface area contributed by atoms with Crippen LogP contribution in [0, 0.1) is 5.92 Å². The average Bonchev–Trinajstić information content (AvgIpc) is 3.27. The molecule has 1 aromatic heterocycles. The minimum absolute atomic E-state index is 0.512. The number of hydrogen-bond donors (Lipinski definition) is 1. The van der Waals surface area contributed by atoms with Crippen LogP contribution in [-0.2, 0) is 13.1 Å². The van der Waals surface area contributed by atoms with Gasteiger partial charge in [-0.05, 0) is 43.7 Å². The Morgan fingerprint density at radius 3 is 2.60 bits per heavy atom. The fourth-order valence-corrected chi connectivity index (χ4v) is 2.65. The molecule has 2 aliphatic carbocycles. The molecule has 0 saturated heterocycles. The van der Waals surface area contributed by atoms with E-state index in [1.165, 1.54) is 43.6 Å². The van der Waals surface area contributed by atoms with Crippen LogP contribution in [0.25, 0.3) is 0 Å². The van der Waals surface area contributed by atoms with Crippen molar-refractivity contribution >= 4 is 0 Å². The Hall–Kier alpha value is -0.930. The van der Waals surface area contributed by atoms with Gasteiger partial charge in [0, 0.05) is 31.7 Å². The van der Waals surface area contributed by atoms with Crippen molar-refractivity contribution in [1.29, 1.82) is 0 Å². The molecule has 3 rings (SSSR count). The van der Waals surface area contributed by atoms with Crippen LogP contribution in [0.5, 0.6) is 0 Å². The fraction of sp³-hybridized carbons (Fsp3) is 0.706. The van der Waals surface area contributed by atoms with Crippen molar-refractivity contribution in [3.8, 4) is 0 Å². The van der Waals surface area contributed by atoms with Crippen LogP contribution in [-0.4, -0.2) is 28.5 Å². The monoisotopic (exact) mass is 273 g/mol. The first-order valence-electron chi connectivity index (χ1n) is 8.13. The minimum atomic E-state index is 0.512. The van der Waals surface area contributed by atoms with E-state index in [0.717, 1.165) is 25.0 Å². The van der Waals surface area contributed by atoms with Gasteiger partial charge in [-0.3, -0.25) is 9.88 Å². The zero-order valence-corrected chi connectivity index (χ0v) is 12.8. The van der Waals surface area contributed by atoms with E-state index in [-0.39, 0.29) is 0 Å². The molecule has 0 spiro atoms. The standard InChI is InChI=1S/C17H27N3/c1-13(2)18-10-15-4-3-5-16(19-15)12-20(17-8-9-17)11-14-6-7-14/h3-5,13-14,17-18H,6-12H2,1-2H3. The SMILES string of the molecule is CC(C)NCc1cccc(CN(CC2CC2)C2CC2)n1. The fourth-order valence-electron chi connectivity index (χ4n) is 2.65. The van der Waals surface area contributed by atoms with Crippen LogP contribution in [0.4, 0.5) is 0 Å². The first kappa shape index (κ1) is 14.0. The van der Waals surface area contributed by atoms with Crippen molar-refractivity contribution in [2.45, 2.75) is 64.7 Å². The van der Waals surface area contributed by atoms with Gasteiger partial charge in [0.2, 0.25) is 0 Å². The number of hydrogen-bond acceptors (Lipinski definition) is 3. The second-order valence-electron chi connectivity index (χ2n) is 6.76. The third-order valence-electron chi connectivity index (χ3n) is 4.17. The number of nitrogens with one attached hydrogen (secondary N) is 1. The summed E-state index contributed by atoms with van der Waals surface area (Å²) in [6.45, 7) is 7.55. The molecular formula is C17H27N3. The topological polar surface area (TPSA) is 28.2 Å². The van der Waals surface area contributed by atoms with Crippen molar-refractivity contribution in [1.82, 2.24) is 15.2 Å². The number of pyridine rings is 1. The molecule has 1 heterocycles. The van der Waals surface area contributed by atoms with E-state index < -0.39 is 0 Å². The molecule has 20 heavy (non-hydrogen) atoms. The van der Waals surface area contributed by atoms with Crippen LogP contribution in [0.2, 0.25) is 0 Å². The third kappa shape index (κ3) is 4.29. The highest BCUT2D eigenvalue weighted by Gasteiger charge is 2.33. The Labute approximate surface area is 122 Å².